The number of carbonyl (C=O) groups is 2. The largest absolute Gasteiger partial charge is 0.392 e. The lowest BCUT2D eigenvalue weighted by Gasteiger charge is -2.35. The molecule has 0 saturated carbocycles. The number of aliphatic hydroxyl groups excluding tert-OH is 1. The fourth-order valence-electron chi connectivity index (χ4n) is 2.39. The zero-order valence-corrected chi connectivity index (χ0v) is 11.7. The number of carbonyl (C=O) groups excluding carboxylic acids is 2. The van der Waals surface area contributed by atoms with E-state index >= 15 is 0 Å². The van der Waals surface area contributed by atoms with E-state index in [1.54, 1.807) is 31.2 Å². The molecule has 1 aliphatic rings. The number of aliphatic hydroxyl groups is 1. The van der Waals surface area contributed by atoms with Gasteiger partial charge in [-0.3, -0.25) is 14.5 Å². The second-order valence-electron chi connectivity index (χ2n) is 5.18. The van der Waals surface area contributed by atoms with Gasteiger partial charge in [0, 0.05) is 43.9 Å². The maximum atomic E-state index is 12.3. The highest BCUT2D eigenvalue weighted by atomic mass is 16.3. The third-order valence-corrected chi connectivity index (χ3v) is 3.48. The van der Waals surface area contributed by atoms with Crippen molar-refractivity contribution in [2.75, 3.05) is 32.7 Å². The minimum Gasteiger partial charge on any atom is -0.392 e. The minimum absolute atomic E-state index is 0.000791. The van der Waals surface area contributed by atoms with Crippen LogP contribution in [0.2, 0.25) is 0 Å². The third-order valence-electron chi connectivity index (χ3n) is 3.48. The molecule has 0 aromatic heterocycles. The summed E-state index contributed by atoms with van der Waals surface area (Å²) >= 11 is 0. The van der Waals surface area contributed by atoms with Gasteiger partial charge in [0.25, 0.3) is 5.91 Å². The number of benzene rings is 1. The Labute approximate surface area is 118 Å². The predicted molar refractivity (Wildman–Crippen MR) is 75.9 cm³/mol. The number of β-amino-alcohol motifs (C(OH)–C–C–N with tert-alkyl or cyclic N) is 1. The van der Waals surface area contributed by atoms with Gasteiger partial charge in [-0.15, -0.1) is 0 Å². The van der Waals surface area contributed by atoms with E-state index in [0.717, 1.165) is 19.4 Å². The van der Waals surface area contributed by atoms with Gasteiger partial charge in [-0.25, -0.2) is 0 Å². The molecule has 0 spiro atoms. The number of nitrogens with zero attached hydrogens (tertiary/aromatic N) is 2. The lowest BCUT2D eigenvalue weighted by atomic mass is 10.1. The van der Waals surface area contributed by atoms with Crippen molar-refractivity contribution in [3.05, 3.63) is 35.4 Å². The van der Waals surface area contributed by atoms with Crippen molar-refractivity contribution in [1.29, 1.82) is 0 Å². The standard InChI is InChI=1S/C15H20N2O3/c1-12(19)10-16-6-8-17(9-7-16)15(20)14-4-2-13(11-18)3-5-14/h2-5,11-12,19H,6-10H2,1H3. The molecule has 1 aromatic rings. The smallest absolute Gasteiger partial charge is 0.253 e. The first kappa shape index (κ1) is 14.7. The first-order chi connectivity index (χ1) is 9.60. The van der Waals surface area contributed by atoms with Crippen LogP contribution in [0.15, 0.2) is 24.3 Å². The van der Waals surface area contributed by atoms with Crippen molar-refractivity contribution in [3.8, 4) is 0 Å². The van der Waals surface area contributed by atoms with Crippen molar-refractivity contribution >= 4 is 12.2 Å². The molecule has 1 fully saturated rings. The average Bonchev–Trinajstić information content (AvgIpc) is 2.47. The van der Waals surface area contributed by atoms with E-state index in [1.165, 1.54) is 0 Å². The van der Waals surface area contributed by atoms with E-state index in [-0.39, 0.29) is 12.0 Å². The molecule has 0 bridgehead atoms. The molecule has 1 unspecified atom stereocenters. The van der Waals surface area contributed by atoms with E-state index in [0.29, 0.717) is 30.8 Å². The van der Waals surface area contributed by atoms with Gasteiger partial charge in [-0.2, -0.15) is 0 Å². The van der Waals surface area contributed by atoms with Crippen LogP contribution in [0.4, 0.5) is 0 Å². The normalized spacial score (nSPS) is 17.8. The molecule has 1 atom stereocenters. The van der Waals surface area contributed by atoms with Gasteiger partial charge in [-0.1, -0.05) is 12.1 Å². The second-order valence-corrected chi connectivity index (χ2v) is 5.18. The quantitative estimate of drug-likeness (QED) is 0.820. The number of piperazine rings is 1. The Morgan fingerprint density at radius 1 is 1.25 bits per heavy atom. The highest BCUT2D eigenvalue weighted by molar-refractivity contribution is 5.95. The lowest BCUT2D eigenvalue weighted by molar-refractivity contribution is 0.0554. The summed E-state index contributed by atoms with van der Waals surface area (Å²) in [6.07, 6.45) is 0.427. The van der Waals surface area contributed by atoms with E-state index in [4.69, 9.17) is 0 Å². The molecule has 2 rings (SSSR count). The van der Waals surface area contributed by atoms with E-state index in [2.05, 4.69) is 4.90 Å². The second kappa shape index (κ2) is 6.63. The van der Waals surface area contributed by atoms with E-state index in [1.807, 2.05) is 4.90 Å². The van der Waals surface area contributed by atoms with Crippen molar-refractivity contribution in [3.63, 3.8) is 0 Å². The maximum Gasteiger partial charge on any atom is 0.253 e. The van der Waals surface area contributed by atoms with Crippen molar-refractivity contribution in [2.24, 2.45) is 0 Å². The SMILES string of the molecule is CC(O)CN1CCN(C(=O)c2ccc(C=O)cc2)CC1. The summed E-state index contributed by atoms with van der Waals surface area (Å²) in [6, 6.07) is 6.69. The van der Waals surface area contributed by atoms with Crippen molar-refractivity contribution in [1.82, 2.24) is 9.80 Å². The van der Waals surface area contributed by atoms with Gasteiger partial charge in [-0.05, 0) is 19.1 Å². The van der Waals surface area contributed by atoms with E-state index in [9.17, 15) is 14.7 Å². The number of hydrogen-bond acceptors (Lipinski definition) is 4. The average molecular weight is 276 g/mol. The molecule has 5 nitrogen and oxygen atoms in total. The molecule has 1 saturated heterocycles. The Morgan fingerprint density at radius 3 is 2.35 bits per heavy atom. The summed E-state index contributed by atoms with van der Waals surface area (Å²) < 4.78 is 0. The van der Waals surface area contributed by atoms with Crippen molar-refractivity contribution in [2.45, 2.75) is 13.0 Å². The number of amides is 1. The molecular formula is C15H20N2O3. The van der Waals surface area contributed by atoms with Gasteiger partial charge in [0.1, 0.15) is 6.29 Å². The minimum atomic E-state index is -0.340. The monoisotopic (exact) mass is 276 g/mol. The topological polar surface area (TPSA) is 60.9 Å². The van der Waals surface area contributed by atoms with Gasteiger partial charge < -0.3 is 10.0 Å². The van der Waals surface area contributed by atoms with E-state index < -0.39 is 0 Å². The fraction of sp³-hybridized carbons (Fsp3) is 0.467. The highest BCUT2D eigenvalue weighted by Gasteiger charge is 2.22. The molecule has 1 amide bonds. The lowest BCUT2D eigenvalue weighted by Crippen LogP contribution is -2.50. The predicted octanol–water partition coefficient (Wildman–Crippen LogP) is 0.638. The summed E-state index contributed by atoms with van der Waals surface area (Å²) in [6.45, 7) is 5.32. The molecule has 5 heteroatoms. The van der Waals surface area contributed by atoms with Gasteiger partial charge >= 0.3 is 0 Å². The van der Waals surface area contributed by atoms with Crippen LogP contribution < -0.4 is 0 Å². The van der Waals surface area contributed by atoms with Crippen LogP contribution in [-0.4, -0.2) is 65.9 Å². The summed E-state index contributed by atoms with van der Waals surface area (Å²) in [7, 11) is 0. The van der Waals surface area contributed by atoms with Crippen LogP contribution in [0, 0.1) is 0 Å². The van der Waals surface area contributed by atoms with Crippen LogP contribution >= 0.6 is 0 Å². The first-order valence-corrected chi connectivity index (χ1v) is 6.85. The summed E-state index contributed by atoms with van der Waals surface area (Å²) in [5.74, 6) is -0.000791. The first-order valence-electron chi connectivity index (χ1n) is 6.85. The van der Waals surface area contributed by atoms with Crippen LogP contribution in [0.1, 0.15) is 27.6 Å². The van der Waals surface area contributed by atoms with Crippen LogP contribution in [-0.2, 0) is 0 Å². The maximum absolute atomic E-state index is 12.3. The zero-order chi connectivity index (χ0) is 14.5. The Bertz CT molecular complexity index is 463. The van der Waals surface area contributed by atoms with Crippen LogP contribution in [0.3, 0.4) is 0 Å². The molecule has 0 radical (unpaired) electrons. The molecule has 1 heterocycles. The molecule has 1 N–H and O–H groups in total. The van der Waals surface area contributed by atoms with Gasteiger partial charge in [0.2, 0.25) is 0 Å². The van der Waals surface area contributed by atoms with Gasteiger partial charge in [0.15, 0.2) is 0 Å². The molecule has 20 heavy (non-hydrogen) atoms. The Morgan fingerprint density at radius 2 is 1.85 bits per heavy atom. The van der Waals surface area contributed by atoms with Crippen LogP contribution in [0.5, 0.6) is 0 Å². The summed E-state index contributed by atoms with van der Waals surface area (Å²) in [5, 5.41) is 9.36. The van der Waals surface area contributed by atoms with Crippen LogP contribution in [0.25, 0.3) is 0 Å². The Balaban J connectivity index is 1.92. The highest BCUT2D eigenvalue weighted by Crippen LogP contribution is 2.10. The van der Waals surface area contributed by atoms with Crippen molar-refractivity contribution < 1.29 is 14.7 Å². The number of hydrogen-bond donors (Lipinski definition) is 1. The fourth-order valence-corrected chi connectivity index (χ4v) is 2.39. The molecule has 1 aromatic carbocycles. The third kappa shape index (κ3) is 3.65. The summed E-state index contributed by atoms with van der Waals surface area (Å²) in [4.78, 5) is 26.9. The Kier molecular flexibility index (Phi) is 4.87. The molecule has 1 aliphatic heterocycles. The molecular weight excluding hydrogens is 256 g/mol. The van der Waals surface area contributed by atoms with Gasteiger partial charge in [0.05, 0.1) is 6.10 Å². The number of aldehydes is 1. The molecule has 108 valence electrons. The summed E-state index contributed by atoms with van der Waals surface area (Å²) in [5.41, 5.74) is 1.18. The Hall–Kier alpha value is -1.72. The number of rotatable bonds is 4. The molecule has 0 aliphatic carbocycles. The zero-order valence-electron chi connectivity index (χ0n) is 11.7.